The molecule has 0 saturated carbocycles. The van der Waals surface area contributed by atoms with E-state index in [0.29, 0.717) is 6.07 Å². The van der Waals surface area contributed by atoms with Crippen molar-refractivity contribution >= 4 is 39.2 Å². The average Bonchev–Trinajstić information content (AvgIpc) is 3.18. The van der Waals surface area contributed by atoms with E-state index in [1.54, 1.807) is 0 Å². The van der Waals surface area contributed by atoms with Crippen LogP contribution in [0.4, 0.5) is 18.9 Å². The molecule has 3 N–H and O–H groups in total. The molecule has 1 amide bonds. The van der Waals surface area contributed by atoms with E-state index < -0.39 is 51.6 Å². The number of sulfonamides is 1. The highest BCUT2D eigenvalue weighted by Crippen LogP contribution is 2.33. The first-order valence-electron chi connectivity index (χ1n) is 9.33. The van der Waals surface area contributed by atoms with Gasteiger partial charge in [-0.3, -0.25) is 14.2 Å². The highest BCUT2D eigenvalue weighted by atomic mass is 35.5. The number of aromatic carboxylic acids is 1. The van der Waals surface area contributed by atoms with Crippen molar-refractivity contribution in [3.63, 3.8) is 0 Å². The van der Waals surface area contributed by atoms with Gasteiger partial charge in [0.2, 0.25) is 0 Å². The lowest BCUT2D eigenvalue weighted by molar-refractivity contribution is -0.137. The van der Waals surface area contributed by atoms with Crippen LogP contribution in [0.2, 0.25) is 5.02 Å². The maximum Gasteiger partial charge on any atom is 0.416 e. The molecule has 0 unspecified atom stereocenters. The number of hydrogen-bond acceptors (Lipinski definition) is 5. The number of anilines is 1. The molecule has 0 saturated heterocycles. The Kier molecular flexibility index (Phi) is 6.89. The van der Waals surface area contributed by atoms with Gasteiger partial charge in [0.05, 0.1) is 22.7 Å². The van der Waals surface area contributed by atoms with E-state index in [2.05, 4.69) is 15.1 Å². The van der Waals surface area contributed by atoms with Gasteiger partial charge in [0, 0.05) is 18.1 Å². The topological polar surface area (TPSA) is 130 Å². The number of aromatic nitrogens is 2. The van der Waals surface area contributed by atoms with Crippen LogP contribution in [0.3, 0.4) is 0 Å². The average molecular weight is 517 g/mol. The minimum Gasteiger partial charge on any atom is -0.476 e. The molecular formula is C20H16ClF3N4O5S. The van der Waals surface area contributed by atoms with Crippen LogP contribution >= 0.6 is 11.6 Å². The summed E-state index contributed by atoms with van der Waals surface area (Å²) in [6.45, 7) is -0.410. The third-order valence-corrected chi connectivity index (χ3v) is 6.22. The Bertz CT molecular complexity index is 1360. The van der Waals surface area contributed by atoms with E-state index in [0.717, 1.165) is 22.9 Å². The van der Waals surface area contributed by atoms with Crippen molar-refractivity contribution in [2.75, 3.05) is 11.8 Å². The monoisotopic (exact) mass is 516 g/mol. The van der Waals surface area contributed by atoms with Crippen molar-refractivity contribution in [1.29, 1.82) is 0 Å². The van der Waals surface area contributed by atoms with Gasteiger partial charge >= 0.3 is 12.1 Å². The second-order valence-corrected chi connectivity index (χ2v) is 9.00. The molecule has 3 aromatic rings. The summed E-state index contributed by atoms with van der Waals surface area (Å²) in [6, 6.07) is 8.29. The fourth-order valence-electron chi connectivity index (χ4n) is 2.92. The number of hydrogen-bond donors (Lipinski definition) is 3. The Hall–Kier alpha value is -3.58. The van der Waals surface area contributed by atoms with Crippen molar-refractivity contribution < 1.29 is 36.3 Å². The van der Waals surface area contributed by atoms with Crippen molar-refractivity contribution in [2.24, 2.45) is 0 Å². The molecule has 180 valence electrons. The molecule has 0 aliphatic carbocycles. The molecule has 0 atom stereocenters. The Morgan fingerprint density at radius 3 is 2.32 bits per heavy atom. The lowest BCUT2D eigenvalue weighted by Gasteiger charge is -2.16. The summed E-state index contributed by atoms with van der Waals surface area (Å²) in [5.41, 5.74) is -2.22. The van der Waals surface area contributed by atoms with Gasteiger partial charge in [-0.15, -0.1) is 0 Å². The molecule has 9 nitrogen and oxygen atoms in total. The number of carboxylic acid groups (broad SMARTS) is 1. The van der Waals surface area contributed by atoms with E-state index in [9.17, 15) is 36.3 Å². The molecule has 0 fully saturated rings. The number of alkyl halides is 3. The first-order valence-corrected chi connectivity index (χ1v) is 11.2. The predicted octanol–water partition coefficient (Wildman–Crippen LogP) is 3.46. The van der Waals surface area contributed by atoms with Gasteiger partial charge in [-0.05, 0) is 42.0 Å². The highest BCUT2D eigenvalue weighted by molar-refractivity contribution is 7.92. The summed E-state index contributed by atoms with van der Waals surface area (Å²) in [7, 11) is -3.03. The number of carboxylic acids is 1. The van der Waals surface area contributed by atoms with Gasteiger partial charge in [0.1, 0.15) is 5.69 Å². The summed E-state index contributed by atoms with van der Waals surface area (Å²) < 4.78 is 68.6. The third kappa shape index (κ3) is 5.48. The summed E-state index contributed by atoms with van der Waals surface area (Å²) in [6.07, 6.45) is -4.77. The SMILES string of the molecule is CNC(=O)c1cc(C(=O)O)nn1Cc1ccc(C(F)(F)F)cc1NS(=O)(=O)c1ccc(Cl)cc1. The molecule has 14 heteroatoms. The lowest BCUT2D eigenvalue weighted by Crippen LogP contribution is -2.23. The highest BCUT2D eigenvalue weighted by Gasteiger charge is 2.32. The fourth-order valence-corrected chi connectivity index (χ4v) is 4.13. The van der Waals surface area contributed by atoms with Crippen LogP contribution in [0.25, 0.3) is 0 Å². The van der Waals surface area contributed by atoms with E-state index >= 15 is 0 Å². The minimum atomic E-state index is -4.77. The van der Waals surface area contributed by atoms with Crippen LogP contribution in [0, 0.1) is 0 Å². The van der Waals surface area contributed by atoms with Gasteiger partial charge in [0.15, 0.2) is 5.69 Å². The van der Waals surface area contributed by atoms with E-state index in [4.69, 9.17) is 11.6 Å². The standard InChI is InChI=1S/C20H16ClF3N4O5S/c1-25-18(29)17-9-16(19(30)31)26-28(17)10-11-2-3-12(20(22,23)24)8-15(11)27-34(32,33)14-6-4-13(21)5-7-14/h2-9,27H,10H2,1H3,(H,25,29)(H,30,31). The number of carbonyl (C=O) groups is 2. The zero-order valence-electron chi connectivity index (χ0n) is 17.2. The molecule has 0 aliphatic heterocycles. The summed E-state index contributed by atoms with van der Waals surface area (Å²) in [5, 5.41) is 15.5. The first kappa shape index (κ1) is 25.1. The molecule has 0 radical (unpaired) electrons. The minimum absolute atomic E-state index is 0.00395. The van der Waals surface area contributed by atoms with Crippen molar-refractivity contribution in [2.45, 2.75) is 17.6 Å². The van der Waals surface area contributed by atoms with E-state index in [-0.39, 0.29) is 21.2 Å². The number of carbonyl (C=O) groups excluding carboxylic acids is 1. The number of halogens is 4. The molecular weight excluding hydrogens is 501 g/mol. The zero-order chi connectivity index (χ0) is 25.3. The van der Waals surface area contributed by atoms with Crippen molar-refractivity contribution in [3.8, 4) is 0 Å². The molecule has 1 aromatic heterocycles. The zero-order valence-corrected chi connectivity index (χ0v) is 18.8. The molecule has 3 rings (SSSR count). The molecule has 1 heterocycles. The maximum atomic E-state index is 13.3. The Morgan fingerprint density at radius 1 is 1.12 bits per heavy atom. The van der Waals surface area contributed by atoms with Crippen LogP contribution in [0.1, 0.15) is 32.1 Å². The predicted molar refractivity (Wildman–Crippen MR) is 115 cm³/mol. The van der Waals surface area contributed by atoms with E-state index in [1.165, 1.54) is 31.3 Å². The first-order chi connectivity index (χ1) is 15.8. The van der Waals surface area contributed by atoms with Crippen LogP contribution in [0.5, 0.6) is 0 Å². The lowest BCUT2D eigenvalue weighted by atomic mass is 10.1. The van der Waals surface area contributed by atoms with Gasteiger partial charge in [-0.1, -0.05) is 17.7 Å². The number of amides is 1. The summed E-state index contributed by atoms with van der Waals surface area (Å²) >= 11 is 5.76. The van der Waals surface area contributed by atoms with Crippen LogP contribution < -0.4 is 10.0 Å². The van der Waals surface area contributed by atoms with Gasteiger partial charge in [-0.25, -0.2) is 13.2 Å². The van der Waals surface area contributed by atoms with Crippen molar-refractivity contribution in [1.82, 2.24) is 15.1 Å². The van der Waals surface area contributed by atoms with Crippen LogP contribution in [-0.4, -0.2) is 42.2 Å². The largest absolute Gasteiger partial charge is 0.476 e. The second-order valence-electron chi connectivity index (χ2n) is 6.89. The second kappa shape index (κ2) is 9.35. The number of benzene rings is 2. The molecule has 0 aliphatic rings. The Balaban J connectivity index is 2.09. The van der Waals surface area contributed by atoms with Gasteiger partial charge in [-0.2, -0.15) is 18.3 Å². The Labute approximate surface area is 196 Å². The maximum absolute atomic E-state index is 13.3. The van der Waals surface area contributed by atoms with E-state index in [1.807, 2.05) is 0 Å². The quantitative estimate of drug-likeness (QED) is 0.441. The van der Waals surface area contributed by atoms with Gasteiger partial charge < -0.3 is 10.4 Å². The van der Waals surface area contributed by atoms with Crippen LogP contribution in [-0.2, 0) is 22.7 Å². The van der Waals surface area contributed by atoms with Gasteiger partial charge in [0.25, 0.3) is 15.9 Å². The molecule has 0 bridgehead atoms. The number of nitrogens with one attached hydrogen (secondary N) is 2. The fraction of sp³-hybridized carbons (Fsp3) is 0.150. The summed E-state index contributed by atoms with van der Waals surface area (Å²) in [5.74, 6) is -2.13. The van der Waals surface area contributed by atoms with Crippen molar-refractivity contribution in [3.05, 3.63) is 76.1 Å². The smallest absolute Gasteiger partial charge is 0.416 e. The normalized spacial score (nSPS) is 11.8. The third-order valence-electron chi connectivity index (χ3n) is 4.58. The molecule has 2 aromatic carbocycles. The molecule has 34 heavy (non-hydrogen) atoms. The Morgan fingerprint density at radius 2 is 1.76 bits per heavy atom. The number of nitrogens with zero attached hydrogens (tertiary/aromatic N) is 2. The van der Waals surface area contributed by atoms with Crippen LogP contribution in [0.15, 0.2) is 53.4 Å². The molecule has 0 spiro atoms. The summed E-state index contributed by atoms with van der Waals surface area (Å²) in [4.78, 5) is 23.2. The number of rotatable bonds is 7.